The van der Waals surface area contributed by atoms with Gasteiger partial charge in [0.2, 0.25) is 0 Å². The second-order valence-corrected chi connectivity index (χ2v) is 6.20. The van der Waals surface area contributed by atoms with Crippen molar-refractivity contribution in [2.45, 2.75) is 32.4 Å². The van der Waals surface area contributed by atoms with E-state index in [4.69, 9.17) is 4.74 Å². The Kier molecular flexibility index (Phi) is 5.75. The number of aryl methyl sites for hydroxylation is 3. The fraction of sp³-hybridized carbons (Fsp3) is 0.800. The van der Waals surface area contributed by atoms with E-state index in [1.54, 1.807) is 0 Å². The van der Waals surface area contributed by atoms with Crippen molar-refractivity contribution in [3.63, 3.8) is 0 Å². The van der Waals surface area contributed by atoms with Crippen LogP contribution in [-0.2, 0) is 11.3 Å². The van der Waals surface area contributed by atoms with Crippen molar-refractivity contribution in [2.24, 2.45) is 0 Å². The average molecular weight is 296 g/mol. The molecule has 21 heavy (non-hydrogen) atoms. The van der Waals surface area contributed by atoms with Crippen LogP contribution in [0.15, 0.2) is 6.07 Å². The van der Waals surface area contributed by atoms with Crippen LogP contribution in [0.3, 0.4) is 0 Å². The molecule has 0 saturated carbocycles. The highest BCUT2D eigenvalue weighted by molar-refractivity contribution is 5.06. The van der Waals surface area contributed by atoms with Gasteiger partial charge in [-0.3, -0.25) is 4.68 Å². The first kappa shape index (κ1) is 16.4. The van der Waals surface area contributed by atoms with Gasteiger partial charge in [-0.2, -0.15) is 5.10 Å². The van der Waals surface area contributed by atoms with Gasteiger partial charge < -0.3 is 20.1 Å². The SMILES string of the molecule is Cc1cc(C)n(CCCN(C)C[C@]2(O)CNCCOC2)n1. The van der Waals surface area contributed by atoms with Crippen LogP contribution in [0.2, 0.25) is 0 Å². The van der Waals surface area contributed by atoms with Crippen LogP contribution >= 0.6 is 0 Å². The highest BCUT2D eigenvalue weighted by atomic mass is 16.5. The van der Waals surface area contributed by atoms with E-state index in [0.717, 1.165) is 31.7 Å². The number of β-amino-alcohol motifs (C(OH)–C–C–N with tert-alkyl or cyclic N) is 1. The summed E-state index contributed by atoms with van der Waals surface area (Å²) in [7, 11) is 2.05. The Morgan fingerprint density at radius 3 is 3.05 bits per heavy atom. The Hall–Kier alpha value is -0.950. The summed E-state index contributed by atoms with van der Waals surface area (Å²) in [4.78, 5) is 2.17. The molecule has 1 fully saturated rings. The van der Waals surface area contributed by atoms with Crippen molar-refractivity contribution < 1.29 is 9.84 Å². The van der Waals surface area contributed by atoms with E-state index >= 15 is 0 Å². The lowest BCUT2D eigenvalue weighted by Crippen LogP contribution is -2.50. The molecule has 1 aliphatic heterocycles. The number of likely N-dealkylation sites (N-methyl/N-ethyl adjacent to an activating group) is 1. The summed E-state index contributed by atoms with van der Waals surface area (Å²) in [6, 6.07) is 2.10. The largest absolute Gasteiger partial charge is 0.385 e. The van der Waals surface area contributed by atoms with E-state index in [1.165, 1.54) is 5.69 Å². The molecule has 6 heteroatoms. The molecule has 6 nitrogen and oxygen atoms in total. The van der Waals surface area contributed by atoms with Crippen molar-refractivity contribution >= 4 is 0 Å². The van der Waals surface area contributed by atoms with Crippen LogP contribution in [0, 0.1) is 13.8 Å². The van der Waals surface area contributed by atoms with E-state index in [1.807, 2.05) is 18.7 Å². The lowest BCUT2D eigenvalue weighted by molar-refractivity contribution is -0.0452. The van der Waals surface area contributed by atoms with Crippen molar-refractivity contribution in [1.29, 1.82) is 0 Å². The molecule has 2 rings (SSSR count). The molecule has 0 amide bonds. The average Bonchev–Trinajstić information content (AvgIpc) is 2.60. The number of aromatic nitrogens is 2. The van der Waals surface area contributed by atoms with Gasteiger partial charge in [0.1, 0.15) is 5.60 Å². The number of aliphatic hydroxyl groups is 1. The first-order valence-corrected chi connectivity index (χ1v) is 7.69. The molecule has 0 aromatic carbocycles. The van der Waals surface area contributed by atoms with Crippen molar-refractivity contribution in [1.82, 2.24) is 20.0 Å². The maximum atomic E-state index is 10.5. The number of hydrogen-bond donors (Lipinski definition) is 2. The number of rotatable bonds is 6. The Morgan fingerprint density at radius 2 is 2.33 bits per heavy atom. The predicted octanol–water partition coefficient (Wildman–Crippen LogP) is 0.173. The van der Waals surface area contributed by atoms with Crippen molar-refractivity contribution in [3.05, 3.63) is 17.5 Å². The van der Waals surface area contributed by atoms with Gasteiger partial charge in [-0.1, -0.05) is 0 Å². The van der Waals surface area contributed by atoms with Crippen molar-refractivity contribution in [3.8, 4) is 0 Å². The van der Waals surface area contributed by atoms with Crippen LogP contribution in [0.4, 0.5) is 0 Å². The fourth-order valence-electron chi connectivity index (χ4n) is 2.85. The topological polar surface area (TPSA) is 62.5 Å². The van der Waals surface area contributed by atoms with E-state index in [0.29, 0.717) is 26.3 Å². The highest BCUT2D eigenvalue weighted by Gasteiger charge is 2.30. The van der Waals surface area contributed by atoms with Gasteiger partial charge in [-0.15, -0.1) is 0 Å². The molecule has 0 aliphatic carbocycles. The van der Waals surface area contributed by atoms with Gasteiger partial charge in [-0.05, 0) is 39.9 Å². The summed E-state index contributed by atoms with van der Waals surface area (Å²) in [5.41, 5.74) is 1.48. The monoisotopic (exact) mass is 296 g/mol. The number of nitrogens with zero attached hydrogens (tertiary/aromatic N) is 3. The molecule has 1 aromatic heterocycles. The predicted molar refractivity (Wildman–Crippen MR) is 82.5 cm³/mol. The maximum Gasteiger partial charge on any atom is 0.113 e. The number of nitrogens with one attached hydrogen (secondary N) is 1. The number of ether oxygens (including phenoxy) is 1. The van der Waals surface area contributed by atoms with Crippen LogP contribution in [0.5, 0.6) is 0 Å². The third-order valence-corrected chi connectivity index (χ3v) is 3.83. The van der Waals surface area contributed by atoms with Gasteiger partial charge in [0.05, 0.1) is 18.9 Å². The summed E-state index contributed by atoms with van der Waals surface area (Å²) in [6.07, 6.45) is 1.02. The molecule has 1 aromatic rings. The lowest BCUT2D eigenvalue weighted by atomic mass is 10.1. The summed E-state index contributed by atoms with van der Waals surface area (Å²) >= 11 is 0. The molecule has 1 atom stereocenters. The van der Waals surface area contributed by atoms with Gasteiger partial charge in [-0.25, -0.2) is 0 Å². The zero-order valence-electron chi connectivity index (χ0n) is 13.4. The first-order valence-electron chi connectivity index (χ1n) is 7.69. The zero-order valence-corrected chi connectivity index (χ0v) is 13.4. The van der Waals surface area contributed by atoms with Crippen LogP contribution in [0.1, 0.15) is 17.8 Å². The van der Waals surface area contributed by atoms with Gasteiger partial charge in [0.25, 0.3) is 0 Å². The second kappa shape index (κ2) is 7.35. The normalized spacial score (nSPS) is 23.5. The Bertz CT molecular complexity index is 439. The van der Waals surface area contributed by atoms with Crippen LogP contribution in [0.25, 0.3) is 0 Å². The van der Waals surface area contributed by atoms with Crippen molar-refractivity contribution in [2.75, 3.05) is 46.4 Å². The maximum absolute atomic E-state index is 10.5. The zero-order chi connectivity index (χ0) is 15.3. The Balaban J connectivity index is 1.74. The van der Waals surface area contributed by atoms with E-state index < -0.39 is 5.60 Å². The molecule has 0 unspecified atom stereocenters. The van der Waals surface area contributed by atoms with E-state index in [2.05, 4.69) is 28.3 Å². The smallest absolute Gasteiger partial charge is 0.113 e. The van der Waals surface area contributed by atoms with E-state index in [-0.39, 0.29) is 0 Å². The third-order valence-electron chi connectivity index (χ3n) is 3.83. The summed E-state index contributed by atoms with van der Waals surface area (Å²) in [5.74, 6) is 0. The molecule has 1 saturated heterocycles. The van der Waals surface area contributed by atoms with Crippen LogP contribution < -0.4 is 5.32 Å². The molecule has 120 valence electrons. The summed E-state index contributed by atoms with van der Waals surface area (Å²) < 4.78 is 7.50. The summed E-state index contributed by atoms with van der Waals surface area (Å²) in [6.45, 7) is 9.05. The van der Waals surface area contributed by atoms with Crippen LogP contribution in [-0.4, -0.2) is 71.8 Å². The molecule has 0 radical (unpaired) electrons. The van der Waals surface area contributed by atoms with E-state index in [9.17, 15) is 5.11 Å². The minimum absolute atomic E-state index is 0.405. The molecule has 2 heterocycles. The minimum atomic E-state index is -0.788. The molecular weight excluding hydrogens is 268 g/mol. The molecule has 0 bridgehead atoms. The molecule has 1 aliphatic rings. The lowest BCUT2D eigenvalue weighted by Gasteiger charge is -2.30. The first-order chi connectivity index (χ1) is 9.98. The van der Waals surface area contributed by atoms with Gasteiger partial charge >= 0.3 is 0 Å². The standard InChI is InChI=1S/C15H28N4O2/c1-13-9-14(2)19(17-13)7-4-6-18(3)11-15(20)10-16-5-8-21-12-15/h9,16,20H,4-8,10-12H2,1-3H3/t15-/m1/s1. The molecule has 0 spiro atoms. The van der Waals surface area contributed by atoms with Gasteiger partial charge in [0.15, 0.2) is 0 Å². The Morgan fingerprint density at radius 1 is 1.52 bits per heavy atom. The fourth-order valence-corrected chi connectivity index (χ4v) is 2.85. The molecule has 2 N–H and O–H groups in total. The quantitative estimate of drug-likeness (QED) is 0.784. The minimum Gasteiger partial charge on any atom is -0.385 e. The van der Waals surface area contributed by atoms with Gasteiger partial charge in [0, 0.05) is 31.9 Å². The molecular formula is C15H28N4O2. The highest BCUT2D eigenvalue weighted by Crippen LogP contribution is 2.10. The third kappa shape index (κ3) is 5.07. The number of hydrogen-bond acceptors (Lipinski definition) is 5. The Labute approximate surface area is 127 Å². The second-order valence-electron chi connectivity index (χ2n) is 6.20. The summed E-state index contributed by atoms with van der Waals surface area (Å²) in [5, 5.41) is 18.2.